The molecule has 0 N–H and O–H groups in total. The largest absolute Gasteiger partial charge is 0.337 e. The van der Waals surface area contributed by atoms with Crippen LogP contribution in [-0.4, -0.2) is 56.7 Å². The lowest BCUT2D eigenvalue weighted by molar-refractivity contribution is 0.0761. The Labute approximate surface area is 169 Å². The molecule has 1 amide bonds. The van der Waals surface area contributed by atoms with Gasteiger partial charge in [-0.25, -0.2) is 14.1 Å². The monoisotopic (exact) mass is 393 g/mol. The Kier molecular flexibility index (Phi) is 5.95. The molecule has 7 heteroatoms. The summed E-state index contributed by atoms with van der Waals surface area (Å²) in [6.07, 6.45) is 4.06. The van der Waals surface area contributed by atoms with E-state index in [0.29, 0.717) is 37.3 Å². The molecule has 4 rings (SSSR count). The van der Waals surface area contributed by atoms with Gasteiger partial charge < -0.3 is 4.90 Å². The molecular weight excluding hydrogens is 369 g/mol. The van der Waals surface area contributed by atoms with Crippen LogP contribution in [0.4, 0.5) is 4.39 Å². The molecule has 2 heterocycles. The maximum atomic E-state index is 13.9. The number of carbonyl (C=O) groups is 1. The summed E-state index contributed by atoms with van der Waals surface area (Å²) in [5.74, 6) is -0.124. The van der Waals surface area contributed by atoms with E-state index in [-0.39, 0.29) is 11.7 Å². The van der Waals surface area contributed by atoms with Crippen LogP contribution in [-0.2, 0) is 13.1 Å². The number of halogens is 1. The minimum absolute atomic E-state index is 0.0463. The van der Waals surface area contributed by atoms with Gasteiger partial charge in [0.05, 0.1) is 6.54 Å². The minimum Gasteiger partial charge on any atom is -0.337 e. The van der Waals surface area contributed by atoms with Crippen LogP contribution in [0.15, 0.2) is 61.2 Å². The van der Waals surface area contributed by atoms with Crippen molar-refractivity contribution in [1.29, 1.82) is 0 Å². The first-order valence-corrected chi connectivity index (χ1v) is 9.85. The molecule has 150 valence electrons. The summed E-state index contributed by atoms with van der Waals surface area (Å²) in [6.45, 7) is 4.16. The first-order chi connectivity index (χ1) is 14.2. The van der Waals surface area contributed by atoms with Gasteiger partial charge in [-0.15, -0.1) is 0 Å². The molecule has 0 aliphatic carbocycles. The first kappa shape index (κ1) is 19.3. The van der Waals surface area contributed by atoms with Crippen molar-refractivity contribution in [3.05, 3.63) is 83.7 Å². The van der Waals surface area contributed by atoms with E-state index >= 15 is 0 Å². The van der Waals surface area contributed by atoms with Gasteiger partial charge in [0.1, 0.15) is 18.5 Å². The number of carbonyl (C=O) groups excluding carboxylic acids is 1. The molecule has 29 heavy (non-hydrogen) atoms. The highest BCUT2D eigenvalue weighted by atomic mass is 19.1. The molecule has 0 spiro atoms. The van der Waals surface area contributed by atoms with Gasteiger partial charge in [0, 0.05) is 43.9 Å². The molecule has 6 nitrogen and oxygen atoms in total. The molecule has 1 aliphatic heterocycles. The summed E-state index contributed by atoms with van der Waals surface area (Å²) in [6, 6.07) is 14.5. The van der Waals surface area contributed by atoms with Crippen LogP contribution in [0.1, 0.15) is 27.9 Å². The quantitative estimate of drug-likeness (QED) is 0.669. The van der Waals surface area contributed by atoms with Gasteiger partial charge in [-0.2, -0.15) is 5.10 Å². The summed E-state index contributed by atoms with van der Waals surface area (Å²) >= 11 is 0. The zero-order valence-electron chi connectivity index (χ0n) is 16.2. The average Bonchev–Trinajstić information content (AvgIpc) is 3.14. The molecule has 1 aromatic heterocycles. The Balaban J connectivity index is 1.35. The van der Waals surface area contributed by atoms with Crippen molar-refractivity contribution in [2.24, 2.45) is 0 Å². The van der Waals surface area contributed by atoms with Crippen molar-refractivity contribution in [2.75, 3.05) is 26.2 Å². The summed E-state index contributed by atoms with van der Waals surface area (Å²) in [5, 5.41) is 4.10. The van der Waals surface area contributed by atoms with E-state index in [1.54, 1.807) is 17.1 Å². The van der Waals surface area contributed by atoms with Crippen LogP contribution in [0.5, 0.6) is 0 Å². The number of hydrogen-bond acceptors (Lipinski definition) is 4. The van der Waals surface area contributed by atoms with Crippen LogP contribution in [0.3, 0.4) is 0 Å². The fourth-order valence-electron chi connectivity index (χ4n) is 3.64. The summed E-state index contributed by atoms with van der Waals surface area (Å²) in [4.78, 5) is 21.0. The van der Waals surface area contributed by atoms with Crippen molar-refractivity contribution >= 4 is 5.91 Å². The summed E-state index contributed by atoms with van der Waals surface area (Å²) < 4.78 is 15.7. The fraction of sp³-hybridized carbons (Fsp3) is 0.318. The van der Waals surface area contributed by atoms with Gasteiger partial charge >= 0.3 is 0 Å². The van der Waals surface area contributed by atoms with Crippen LogP contribution in [0.25, 0.3) is 0 Å². The molecule has 2 aromatic carbocycles. The molecule has 1 fully saturated rings. The highest BCUT2D eigenvalue weighted by molar-refractivity contribution is 5.94. The SMILES string of the molecule is O=C(c1ccc(Cn2cncn2)cc1)N1CCCN(Cc2ccccc2F)CC1. The molecule has 0 saturated carbocycles. The number of amides is 1. The topological polar surface area (TPSA) is 54.3 Å². The van der Waals surface area contributed by atoms with E-state index in [9.17, 15) is 9.18 Å². The molecule has 0 radical (unpaired) electrons. The van der Waals surface area contributed by atoms with E-state index in [1.165, 1.54) is 12.4 Å². The van der Waals surface area contributed by atoms with Crippen LogP contribution >= 0.6 is 0 Å². The van der Waals surface area contributed by atoms with Crippen molar-refractivity contribution in [2.45, 2.75) is 19.5 Å². The molecular formula is C22H24FN5O. The van der Waals surface area contributed by atoms with Gasteiger partial charge in [-0.05, 0) is 30.2 Å². The highest BCUT2D eigenvalue weighted by Crippen LogP contribution is 2.15. The van der Waals surface area contributed by atoms with Gasteiger partial charge in [0.25, 0.3) is 5.91 Å². The molecule has 1 aliphatic rings. The van der Waals surface area contributed by atoms with Crippen molar-refractivity contribution in [1.82, 2.24) is 24.6 Å². The second kappa shape index (κ2) is 8.96. The standard InChI is InChI=1S/C22H24FN5O/c23-21-5-2-1-4-20(21)15-26-10-3-11-27(13-12-26)22(29)19-8-6-18(7-9-19)14-28-17-24-16-25-28/h1-2,4-9,16-17H,3,10-15H2. The van der Waals surface area contributed by atoms with Crippen molar-refractivity contribution < 1.29 is 9.18 Å². The lowest BCUT2D eigenvalue weighted by atomic mass is 10.1. The lowest BCUT2D eigenvalue weighted by Crippen LogP contribution is -2.35. The Hall–Kier alpha value is -3.06. The lowest BCUT2D eigenvalue weighted by Gasteiger charge is -2.22. The van der Waals surface area contributed by atoms with Gasteiger partial charge in [0.2, 0.25) is 0 Å². The first-order valence-electron chi connectivity index (χ1n) is 9.85. The predicted molar refractivity (Wildman–Crippen MR) is 108 cm³/mol. The molecule has 0 unspecified atom stereocenters. The average molecular weight is 393 g/mol. The summed E-state index contributed by atoms with van der Waals surface area (Å²) in [5.41, 5.74) is 2.46. The molecule has 0 atom stereocenters. The Bertz CT molecular complexity index is 942. The van der Waals surface area contributed by atoms with Gasteiger partial charge in [-0.3, -0.25) is 9.69 Å². The fourth-order valence-corrected chi connectivity index (χ4v) is 3.64. The number of rotatable bonds is 5. The van der Waals surface area contributed by atoms with Crippen molar-refractivity contribution in [3.63, 3.8) is 0 Å². The van der Waals surface area contributed by atoms with Crippen LogP contribution in [0, 0.1) is 5.82 Å². The van der Waals surface area contributed by atoms with Crippen LogP contribution < -0.4 is 0 Å². The van der Waals surface area contributed by atoms with E-state index in [1.807, 2.05) is 41.3 Å². The maximum absolute atomic E-state index is 13.9. The highest BCUT2D eigenvalue weighted by Gasteiger charge is 2.21. The number of aromatic nitrogens is 3. The van der Waals surface area contributed by atoms with E-state index in [2.05, 4.69) is 15.0 Å². The minimum atomic E-state index is -0.171. The normalized spacial score (nSPS) is 15.3. The Morgan fingerprint density at radius 2 is 1.79 bits per heavy atom. The number of hydrogen-bond donors (Lipinski definition) is 0. The number of benzene rings is 2. The molecule has 3 aromatic rings. The second-order valence-corrected chi connectivity index (χ2v) is 7.30. The van der Waals surface area contributed by atoms with Gasteiger partial charge in [-0.1, -0.05) is 30.3 Å². The van der Waals surface area contributed by atoms with E-state index in [4.69, 9.17) is 0 Å². The third-order valence-electron chi connectivity index (χ3n) is 5.24. The van der Waals surface area contributed by atoms with E-state index in [0.717, 1.165) is 25.1 Å². The maximum Gasteiger partial charge on any atom is 0.253 e. The van der Waals surface area contributed by atoms with Crippen molar-refractivity contribution in [3.8, 4) is 0 Å². The predicted octanol–water partition coefficient (Wildman–Crippen LogP) is 2.81. The smallest absolute Gasteiger partial charge is 0.253 e. The Morgan fingerprint density at radius 3 is 2.55 bits per heavy atom. The third-order valence-corrected chi connectivity index (χ3v) is 5.24. The zero-order chi connectivity index (χ0) is 20.1. The molecule has 0 bridgehead atoms. The second-order valence-electron chi connectivity index (χ2n) is 7.30. The van der Waals surface area contributed by atoms with E-state index < -0.39 is 0 Å². The molecule has 1 saturated heterocycles. The van der Waals surface area contributed by atoms with Crippen LogP contribution in [0.2, 0.25) is 0 Å². The third kappa shape index (κ3) is 4.86. The number of nitrogens with zero attached hydrogens (tertiary/aromatic N) is 5. The zero-order valence-corrected chi connectivity index (χ0v) is 16.2. The van der Waals surface area contributed by atoms with Gasteiger partial charge in [0.15, 0.2) is 0 Å². The summed E-state index contributed by atoms with van der Waals surface area (Å²) in [7, 11) is 0. The Morgan fingerprint density at radius 1 is 0.966 bits per heavy atom.